The molecule has 1 aromatic rings. The number of ether oxygens (including phenoxy) is 2. The number of sulfonamides is 1. The zero-order valence-electron chi connectivity index (χ0n) is 13.8. The van der Waals surface area contributed by atoms with Gasteiger partial charge in [-0.25, -0.2) is 12.7 Å². The standard InChI is InChI=1S/C14H19BrN2O6S/c1-5-22-13(18)11(14(19)23-6-2)12-10(15)7-9(8-16-12)24(20,21)17(3)4/h7-8,11H,5-6H2,1-4H3. The lowest BCUT2D eigenvalue weighted by atomic mass is 10.1. The smallest absolute Gasteiger partial charge is 0.326 e. The summed E-state index contributed by atoms with van der Waals surface area (Å²) in [5, 5.41) is 0. The molecule has 0 amide bonds. The molecule has 0 unspecified atom stereocenters. The highest BCUT2D eigenvalue weighted by Gasteiger charge is 2.35. The molecule has 10 heteroatoms. The Bertz CT molecular complexity index is 702. The van der Waals surface area contributed by atoms with Gasteiger partial charge in [-0.05, 0) is 35.8 Å². The van der Waals surface area contributed by atoms with Crippen molar-refractivity contribution in [1.82, 2.24) is 9.29 Å². The van der Waals surface area contributed by atoms with E-state index >= 15 is 0 Å². The number of rotatable bonds is 7. The van der Waals surface area contributed by atoms with Crippen molar-refractivity contribution in [3.8, 4) is 0 Å². The van der Waals surface area contributed by atoms with Crippen LogP contribution in [-0.4, -0.2) is 57.0 Å². The molecule has 1 aromatic heterocycles. The van der Waals surface area contributed by atoms with Crippen molar-refractivity contribution in [3.05, 3.63) is 22.4 Å². The first-order valence-electron chi connectivity index (χ1n) is 7.08. The first kappa shape index (κ1) is 20.5. The van der Waals surface area contributed by atoms with Gasteiger partial charge in [0.25, 0.3) is 0 Å². The Morgan fingerprint density at radius 2 is 1.71 bits per heavy atom. The summed E-state index contributed by atoms with van der Waals surface area (Å²) in [6.45, 7) is 3.38. The molecule has 134 valence electrons. The minimum Gasteiger partial charge on any atom is -0.465 e. The van der Waals surface area contributed by atoms with Crippen LogP contribution in [0.4, 0.5) is 0 Å². The Labute approximate surface area is 149 Å². The van der Waals surface area contributed by atoms with Crippen molar-refractivity contribution in [1.29, 1.82) is 0 Å². The van der Waals surface area contributed by atoms with Crippen molar-refractivity contribution in [2.45, 2.75) is 24.7 Å². The molecule has 24 heavy (non-hydrogen) atoms. The van der Waals surface area contributed by atoms with Crippen molar-refractivity contribution in [2.24, 2.45) is 0 Å². The fraction of sp³-hybridized carbons (Fsp3) is 0.500. The summed E-state index contributed by atoms with van der Waals surface area (Å²) in [6, 6.07) is 1.28. The number of carbonyl (C=O) groups excluding carboxylic acids is 2. The molecule has 0 spiro atoms. The molecule has 1 heterocycles. The van der Waals surface area contributed by atoms with Gasteiger partial charge in [0, 0.05) is 24.8 Å². The number of esters is 2. The van der Waals surface area contributed by atoms with Gasteiger partial charge < -0.3 is 9.47 Å². The van der Waals surface area contributed by atoms with Crippen LogP contribution < -0.4 is 0 Å². The molecule has 0 atom stereocenters. The molecule has 0 fully saturated rings. The molecule has 0 aliphatic carbocycles. The van der Waals surface area contributed by atoms with E-state index in [1.165, 1.54) is 20.2 Å². The van der Waals surface area contributed by atoms with E-state index in [-0.39, 0.29) is 28.3 Å². The summed E-state index contributed by atoms with van der Waals surface area (Å²) in [6.07, 6.45) is 1.08. The molecule has 0 aromatic carbocycles. The third kappa shape index (κ3) is 4.52. The Hall–Kier alpha value is -1.52. The van der Waals surface area contributed by atoms with Crippen LogP contribution in [0.15, 0.2) is 21.6 Å². The maximum atomic E-state index is 12.1. The SMILES string of the molecule is CCOC(=O)C(C(=O)OCC)c1ncc(S(=O)(=O)N(C)C)cc1Br. The van der Waals surface area contributed by atoms with E-state index in [1.807, 2.05) is 0 Å². The summed E-state index contributed by atoms with van der Waals surface area (Å²) in [5.41, 5.74) is 0.0320. The van der Waals surface area contributed by atoms with Crippen molar-refractivity contribution >= 4 is 37.9 Å². The average Bonchev–Trinajstić information content (AvgIpc) is 2.49. The molecular formula is C14H19BrN2O6S. The molecule has 1 rings (SSSR count). The molecule has 0 bridgehead atoms. The number of hydrogen-bond donors (Lipinski definition) is 0. The van der Waals surface area contributed by atoms with Crippen LogP contribution in [0.3, 0.4) is 0 Å². The van der Waals surface area contributed by atoms with Gasteiger partial charge in [0.1, 0.15) is 4.90 Å². The van der Waals surface area contributed by atoms with Gasteiger partial charge in [0.2, 0.25) is 10.0 Å². The lowest BCUT2D eigenvalue weighted by Gasteiger charge is -2.16. The van der Waals surface area contributed by atoms with Crippen LogP contribution in [0.1, 0.15) is 25.5 Å². The van der Waals surface area contributed by atoms with Crippen LogP contribution in [0.5, 0.6) is 0 Å². The van der Waals surface area contributed by atoms with E-state index in [9.17, 15) is 18.0 Å². The highest BCUT2D eigenvalue weighted by molar-refractivity contribution is 9.10. The molecule has 0 saturated carbocycles. The molecule has 0 aliphatic rings. The molecule has 8 nitrogen and oxygen atoms in total. The summed E-state index contributed by atoms with van der Waals surface area (Å²) in [7, 11) is -0.922. The van der Waals surface area contributed by atoms with Crippen molar-refractivity contribution in [3.63, 3.8) is 0 Å². The molecule has 0 N–H and O–H groups in total. The second-order valence-corrected chi connectivity index (χ2v) is 7.77. The second-order valence-electron chi connectivity index (χ2n) is 4.76. The van der Waals surface area contributed by atoms with Crippen LogP contribution in [-0.2, 0) is 29.1 Å². The highest BCUT2D eigenvalue weighted by Crippen LogP contribution is 2.28. The fourth-order valence-electron chi connectivity index (χ4n) is 1.77. The Kier molecular flexibility index (Phi) is 7.30. The number of halogens is 1. The van der Waals surface area contributed by atoms with E-state index in [2.05, 4.69) is 20.9 Å². The predicted molar refractivity (Wildman–Crippen MR) is 88.8 cm³/mol. The zero-order chi connectivity index (χ0) is 18.5. The second kappa shape index (κ2) is 8.54. The van der Waals surface area contributed by atoms with E-state index in [4.69, 9.17) is 9.47 Å². The largest absolute Gasteiger partial charge is 0.465 e. The van der Waals surface area contributed by atoms with Gasteiger partial charge in [-0.1, -0.05) is 0 Å². The lowest BCUT2D eigenvalue weighted by molar-refractivity contribution is -0.157. The number of nitrogens with zero attached hydrogens (tertiary/aromatic N) is 2. The lowest BCUT2D eigenvalue weighted by Crippen LogP contribution is -2.28. The monoisotopic (exact) mass is 422 g/mol. The maximum Gasteiger partial charge on any atom is 0.326 e. The number of pyridine rings is 1. The first-order chi connectivity index (χ1) is 11.2. The third-order valence-electron chi connectivity index (χ3n) is 2.94. The predicted octanol–water partition coefficient (Wildman–Crippen LogP) is 1.30. The summed E-state index contributed by atoms with van der Waals surface area (Å²) in [4.78, 5) is 28.1. The molecule has 0 aliphatic heterocycles. The topological polar surface area (TPSA) is 103 Å². The third-order valence-corrected chi connectivity index (χ3v) is 5.36. The maximum absolute atomic E-state index is 12.1. The number of aromatic nitrogens is 1. The van der Waals surface area contributed by atoms with E-state index in [0.29, 0.717) is 0 Å². The first-order valence-corrected chi connectivity index (χ1v) is 9.31. The minimum atomic E-state index is -3.69. The molecule has 0 saturated heterocycles. The number of carbonyl (C=O) groups is 2. The van der Waals surface area contributed by atoms with Gasteiger partial charge >= 0.3 is 11.9 Å². The van der Waals surface area contributed by atoms with Crippen LogP contribution in [0.2, 0.25) is 0 Å². The number of hydrogen-bond acceptors (Lipinski definition) is 7. The minimum absolute atomic E-state index is 0.0320. The summed E-state index contributed by atoms with van der Waals surface area (Å²) >= 11 is 3.17. The average molecular weight is 423 g/mol. The van der Waals surface area contributed by atoms with Gasteiger partial charge in [0.15, 0.2) is 5.92 Å². The Balaban J connectivity index is 3.35. The molecule has 0 radical (unpaired) electrons. The highest BCUT2D eigenvalue weighted by atomic mass is 79.9. The fourth-order valence-corrected chi connectivity index (χ4v) is 3.37. The van der Waals surface area contributed by atoms with E-state index < -0.39 is 27.9 Å². The van der Waals surface area contributed by atoms with Crippen molar-refractivity contribution in [2.75, 3.05) is 27.3 Å². The Morgan fingerprint density at radius 1 is 1.21 bits per heavy atom. The quantitative estimate of drug-likeness (QED) is 0.481. The normalized spacial score (nSPS) is 11.6. The van der Waals surface area contributed by atoms with Crippen LogP contribution in [0.25, 0.3) is 0 Å². The van der Waals surface area contributed by atoms with E-state index in [1.54, 1.807) is 13.8 Å². The summed E-state index contributed by atoms with van der Waals surface area (Å²) < 4.78 is 35.2. The Morgan fingerprint density at radius 3 is 2.08 bits per heavy atom. The van der Waals surface area contributed by atoms with Gasteiger partial charge in [-0.3, -0.25) is 14.6 Å². The van der Waals surface area contributed by atoms with Crippen molar-refractivity contribution < 1.29 is 27.5 Å². The van der Waals surface area contributed by atoms with Gasteiger partial charge in [-0.15, -0.1) is 0 Å². The van der Waals surface area contributed by atoms with Gasteiger partial charge in [-0.2, -0.15) is 0 Å². The van der Waals surface area contributed by atoms with E-state index in [0.717, 1.165) is 10.5 Å². The van der Waals surface area contributed by atoms with Crippen LogP contribution in [0, 0.1) is 0 Å². The van der Waals surface area contributed by atoms with Gasteiger partial charge in [0.05, 0.1) is 18.9 Å². The zero-order valence-corrected chi connectivity index (χ0v) is 16.2. The van der Waals surface area contributed by atoms with Crippen LogP contribution >= 0.6 is 15.9 Å². The summed E-state index contributed by atoms with van der Waals surface area (Å²) in [5.74, 6) is -3.02. The molecular weight excluding hydrogens is 404 g/mol.